The molecule has 0 aliphatic carbocycles. The highest BCUT2D eigenvalue weighted by molar-refractivity contribution is 8.32. The minimum absolute atomic E-state index is 0.0793. The second kappa shape index (κ2) is 6.89. The van der Waals surface area contributed by atoms with E-state index < -0.39 is 21.8 Å². The number of hydrogen-bond acceptors (Lipinski definition) is 5. The molecule has 0 spiro atoms. The molecule has 0 unspecified atom stereocenters. The van der Waals surface area contributed by atoms with Crippen LogP contribution in [0.4, 0.5) is 15.9 Å². The fraction of sp³-hybridized carbons (Fsp3) is 0.235. The summed E-state index contributed by atoms with van der Waals surface area (Å²) < 4.78 is 19.1. The molecule has 0 radical (unpaired) electrons. The highest BCUT2D eigenvalue weighted by Gasteiger charge is 2.17. The standard InChI is InChI=1S/C17H18FN3O2S/c1-23-17(22)13-7-5-11(10-19)20-16(13)21-15-8-6-12(9-14(15)18)24(2,3)4/h5-9H,1-4H3,(H,20,21). The number of carbonyl (C=O) groups is 1. The number of benzene rings is 1. The van der Waals surface area contributed by atoms with Gasteiger partial charge in [-0.15, -0.1) is 0 Å². The smallest absolute Gasteiger partial charge is 0.341 e. The van der Waals surface area contributed by atoms with Crippen LogP contribution in [0.5, 0.6) is 0 Å². The molecule has 1 heterocycles. The molecule has 1 N–H and O–H groups in total. The number of nitrogens with one attached hydrogen (secondary N) is 1. The number of carbonyl (C=O) groups excluding carboxylic acids is 1. The second-order valence-corrected chi connectivity index (χ2v) is 9.95. The van der Waals surface area contributed by atoms with Crippen molar-refractivity contribution >= 4 is 27.5 Å². The Kier molecular flexibility index (Phi) is 5.10. The van der Waals surface area contributed by atoms with Crippen LogP contribution < -0.4 is 5.32 Å². The average molecular weight is 347 g/mol. The van der Waals surface area contributed by atoms with Gasteiger partial charge in [0.2, 0.25) is 0 Å². The van der Waals surface area contributed by atoms with Crippen molar-refractivity contribution in [1.29, 1.82) is 5.26 Å². The van der Waals surface area contributed by atoms with Crippen molar-refractivity contribution in [2.45, 2.75) is 4.90 Å². The molecule has 24 heavy (non-hydrogen) atoms. The molecular formula is C17H18FN3O2S. The summed E-state index contributed by atoms with van der Waals surface area (Å²) >= 11 is 0. The van der Waals surface area contributed by atoms with Gasteiger partial charge in [0.05, 0.1) is 12.8 Å². The van der Waals surface area contributed by atoms with Crippen molar-refractivity contribution in [3.63, 3.8) is 0 Å². The Hall–Kier alpha value is -2.59. The Morgan fingerprint density at radius 2 is 2.00 bits per heavy atom. The van der Waals surface area contributed by atoms with E-state index in [1.54, 1.807) is 6.07 Å². The number of aromatic nitrogens is 1. The van der Waals surface area contributed by atoms with Gasteiger partial charge in [-0.2, -0.15) is 5.26 Å². The maximum Gasteiger partial charge on any atom is 0.341 e. The van der Waals surface area contributed by atoms with Crippen LogP contribution in [0, 0.1) is 17.1 Å². The molecular weight excluding hydrogens is 329 g/mol. The quantitative estimate of drug-likeness (QED) is 0.854. The van der Waals surface area contributed by atoms with Crippen LogP contribution in [0.2, 0.25) is 0 Å². The average Bonchev–Trinajstić information content (AvgIpc) is 2.54. The Labute approximate surface area is 141 Å². The van der Waals surface area contributed by atoms with E-state index in [9.17, 15) is 9.18 Å². The van der Waals surface area contributed by atoms with Crippen molar-refractivity contribution in [2.75, 3.05) is 31.2 Å². The summed E-state index contributed by atoms with van der Waals surface area (Å²) in [5.41, 5.74) is 0.415. The van der Waals surface area contributed by atoms with E-state index in [4.69, 9.17) is 5.26 Å². The fourth-order valence-electron chi connectivity index (χ4n) is 2.00. The van der Waals surface area contributed by atoms with E-state index in [2.05, 4.69) is 33.8 Å². The van der Waals surface area contributed by atoms with Crippen molar-refractivity contribution in [1.82, 2.24) is 4.98 Å². The Bertz CT molecular complexity index is 826. The van der Waals surface area contributed by atoms with Gasteiger partial charge in [-0.25, -0.2) is 24.2 Å². The number of ether oxygens (including phenoxy) is 1. The first-order valence-electron chi connectivity index (χ1n) is 7.00. The lowest BCUT2D eigenvalue weighted by Gasteiger charge is -2.26. The van der Waals surface area contributed by atoms with Crippen LogP contribution in [0.25, 0.3) is 0 Å². The summed E-state index contributed by atoms with van der Waals surface area (Å²) in [5.74, 6) is -0.990. The molecule has 2 rings (SSSR count). The van der Waals surface area contributed by atoms with Crippen molar-refractivity contribution < 1.29 is 13.9 Å². The Morgan fingerprint density at radius 1 is 1.29 bits per heavy atom. The minimum Gasteiger partial charge on any atom is -0.465 e. The third kappa shape index (κ3) is 3.84. The molecule has 1 aromatic carbocycles. The molecule has 5 nitrogen and oxygen atoms in total. The Morgan fingerprint density at radius 3 is 2.54 bits per heavy atom. The highest BCUT2D eigenvalue weighted by Crippen LogP contribution is 2.45. The van der Waals surface area contributed by atoms with E-state index >= 15 is 0 Å². The van der Waals surface area contributed by atoms with Crippen LogP contribution in [0.15, 0.2) is 35.2 Å². The SMILES string of the molecule is COC(=O)c1ccc(C#N)nc1Nc1ccc(S(C)(C)C)cc1F. The first-order valence-corrected chi connectivity index (χ1v) is 9.86. The van der Waals surface area contributed by atoms with Crippen LogP contribution >= 0.6 is 10.0 Å². The molecule has 7 heteroatoms. The maximum absolute atomic E-state index is 14.4. The zero-order valence-corrected chi connectivity index (χ0v) is 14.7. The normalized spacial score (nSPS) is 11.5. The largest absolute Gasteiger partial charge is 0.465 e. The lowest BCUT2D eigenvalue weighted by molar-refractivity contribution is 0.0601. The monoisotopic (exact) mass is 347 g/mol. The van der Waals surface area contributed by atoms with Gasteiger partial charge in [0.25, 0.3) is 0 Å². The molecule has 0 aliphatic heterocycles. The predicted molar refractivity (Wildman–Crippen MR) is 93.6 cm³/mol. The molecule has 2 aromatic rings. The zero-order chi connectivity index (χ0) is 17.9. The minimum atomic E-state index is -1.05. The van der Waals surface area contributed by atoms with E-state index in [-0.39, 0.29) is 22.8 Å². The van der Waals surface area contributed by atoms with E-state index in [0.29, 0.717) is 0 Å². The van der Waals surface area contributed by atoms with Crippen LogP contribution in [-0.2, 0) is 4.74 Å². The summed E-state index contributed by atoms with van der Waals surface area (Å²) in [6.45, 7) is 0. The molecule has 0 atom stereocenters. The number of anilines is 2. The zero-order valence-electron chi connectivity index (χ0n) is 13.9. The Balaban J connectivity index is 2.44. The van der Waals surface area contributed by atoms with Gasteiger partial charge in [0, 0.05) is 0 Å². The number of rotatable bonds is 4. The number of methoxy groups -OCH3 is 1. The number of pyridine rings is 1. The van der Waals surface area contributed by atoms with Gasteiger partial charge in [-0.05, 0) is 54.0 Å². The van der Waals surface area contributed by atoms with E-state index in [0.717, 1.165) is 4.90 Å². The molecule has 0 bridgehead atoms. The van der Waals surface area contributed by atoms with Gasteiger partial charge >= 0.3 is 5.97 Å². The van der Waals surface area contributed by atoms with Crippen molar-refractivity contribution in [3.05, 3.63) is 47.4 Å². The molecule has 0 saturated carbocycles. The van der Waals surface area contributed by atoms with Crippen LogP contribution in [0.3, 0.4) is 0 Å². The van der Waals surface area contributed by atoms with Crippen molar-refractivity contribution in [3.8, 4) is 6.07 Å². The van der Waals surface area contributed by atoms with Gasteiger partial charge in [0.1, 0.15) is 29.0 Å². The van der Waals surface area contributed by atoms with Gasteiger partial charge in [0.15, 0.2) is 0 Å². The third-order valence-electron chi connectivity index (χ3n) is 3.32. The number of halogens is 1. The van der Waals surface area contributed by atoms with Gasteiger partial charge in [-0.3, -0.25) is 0 Å². The summed E-state index contributed by atoms with van der Waals surface area (Å²) in [6.07, 6.45) is 6.21. The van der Waals surface area contributed by atoms with E-state index in [1.165, 1.54) is 25.3 Å². The summed E-state index contributed by atoms with van der Waals surface area (Å²) in [4.78, 5) is 16.8. The molecule has 0 amide bonds. The van der Waals surface area contributed by atoms with E-state index in [1.807, 2.05) is 12.1 Å². The van der Waals surface area contributed by atoms with Gasteiger partial charge in [-0.1, -0.05) is 0 Å². The maximum atomic E-state index is 14.4. The third-order valence-corrected chi connectivity index (χ3v) is 4.98. The second-order valence-electron chi connectivity index (χ2n) is 5.80. The molecule has 0 fully saturated rings. The lowest BCUT2D eigenvalue weighted by atomic mass is 10.2. The number of nitrogens with zero attached hydrogens (tertiary/aromatic N) is 2. The lowest BCUT2D eigenvalue weighted by Crippen LogP contribution is -2.09. The number of hydrogen-bond donors (Lipinski definition) is 1. The first kappa shape index (κ1) is 17.8. The fourth-order valence-corrected chi connectivity index (χ4v) is 2.93. The topological polar surface area (TPSA) is 75.0 Å². The number of nitriles is 1. The van der Waals surface area contributed by atoms with Gasteiger partial charge < -0.3 is 10.1 Å². The van der Waals surface area contributed by atoms with Crippen LogP contribution in [0.1, 0.15) is 16.1 Å². The molecule has 0 aliphatic rings. The molecule has 0 saturated heterocycles. The van der Waals surface area contributed by atoms with Crippen LogP contribution in [-0.4, -0.2) is 36.8 Å². The predicted octanol–water partition coefficient (Wildman–Crippen LogP) is 3.68. The summed E-state index contributed by atoms with van der Waals surface area (Å²) in [6, 6.07) is 9.63. The van der Waals surface area contributed by atoms with Crippen molar-refractivity contribution in [2.24, 2.45) is 0 Å². The summed E-state index contributed by atoms with van der Waals surface area (Å²) in [7, 11) is 0.190. The highest BCUT2D eigenvalue weighted by atomic mass is 32.3. The first-order chi connectivity index (χ1) is 11.3. The molecule has 1 aromatic heterocycles. The number of esters is 1. The summed E-state index contributed by atoms with van der Waals surface area (Å²) in [5, 5.41) is 11.7. The molecule has 126 valence electrons.